The van der Waals surface area contributed by atoms with Gasteiger partial charge in [0.15, 0.2) is 5.69 Å². The Morgan fingerprint density at radius 3 is 1.86 bits per heavy atom. The molecule has 0 spiro atoms. The van der Waals surface area contributed by atoms with Crippen molar-refractivity contribution in [3.63, 3.8) is 0 Å². The van der Waals surface area contributed by atoms with Crippen molar-refractivity contribution in [3.05, 3.63) is 162 Å². The maximum Gasteiger partial charge on any atom is 0.187 e. The van der Waals surface area contributed by atoms with Gasteiger partial charge in [0.05, 0.1) is 18.2 Å². The molecule has 0 unspecified atom stereocenters. The third-order valence-electron chi connectivity index (χ3n) is 6.64. The Kier molecular flexibility index (Phi) is 10.5. The van der Waals surface area contributed by atoms with Crippen LogP contribution in [0.5, 0.6) is 0 Å². The second-order valence-electron chi connectivity index (χ2n) is 9.71. The molecule has 0 aliphatic carbocycles. The molecule has 4 nitrogen and oxygen atoms in total. The van der Waals surface area contributed by atoms with Gasteiger partial charge in [-0.15, -0.1) is 70.8 Å². The molecule has 6 rings (SSSR count). The third-order valence-corrected chi connectivity index (χ3v) is 6.64. The van der Waals surface area contributed by atoms with E-state index in [1.807, 2.05) is 116 Å². The van der Waals surface area contributed by atoms with Gasteiger partial charge in [0.25, 0.3) is 0 Å². The molecule has 0 bridgehead atoms. The molecule has 6 aromatic rings. The Hall–Kier alpha value is -5.19. The summed E-state index contributed by atoms with van der Waals surface area (Å²) in [5, 5.41) is 8.85. The minimum atomic E-state index is 0. The Morgan fingerprint density at radius 2 is 1.30 bits per heavy atom. The number of benzene rings is 4. The van der Waals surface area contributed by atoms with Crippen LogP contribution in [-0.2, 0) is 20.1 Å². The van der Waals surface area contributed by atoms with E-state index in [1.54, 1.807) is 0 Å². The summed E-state index contributed by atoms with van der Waals surface area (Å²) < 4.78 is 0. The Morgan fingerprint density at radius 1 is 0.698 bits per heavy atom. The van der Waals surface area contributed by atoms with Crippen molar-refractivity contribution in [1.82, 2.24) is 9.97 Å². The summed E-state index contributed by atoms with van der Waals surface area (Å²) in [6.45, 7) is 11.0. The van der Waals surface area contributed by atoms with Crippen LogP contribution in [0.25, 0.3) is 49.6 Å². The largest absolute Gasteiger partial charge is 0.305 e. The smallest absolute Gasteiger partial charge is 0.187 e. The first-order valence-corrected chi connectivity index (χ1v) is 13.4. The summed E-state index contributed by atoms with van der Waals surface area (Å²) in [5.41, 5.74) is 11.7. The van der Waals surface area contributed by atoms with Crippen LogP contribution in [0.15, 0.2) is 121 Å². The van der Waals surface area contributed by atoms with Crippen LogP contribution >= 0.6 is 0 Å². The summed E-state index contributed by atoms with van der Waals surface area (Å²) >= 11 is 0. The summed E-state index contributed by atoms with van der Waals surface area (Å²) in [6.07, 6.45) is 1.81. The van der Waals surface area contributed by atoms with E-state index in [9.17, 15) is 0 Å². The molecular weight excluding hydrogens is 705 g/mol. The maximum absolute atomic E-state index is 8.85. The van der Waals surface area contributed by atoms with E-state index in [2.05, 4.69) is 52.1 Å². The van der Waals surface area contributed by atoms with Gasteiger partial charge < -0.3 is 9.97 Å². The zero-order valence-corrected chi connectivity index (χ0v) is 26.1. The summed E-state index contributed by atoms with van der Waals surface area (Å²) in [6, 6.07) is 45.8. The minimum absolute atomic E-state index is 0. The molecule has 0 aliphatic rings. The van der Waals surface area contributed by atoms with Crippen LogP contribution in [0.1, 0.15) is 16.8 Å². The molecule has 2 aromatic heterocycles. The first-order chi connectivity index (χ1) is 20.5. The number of aromatic nitrogens is 2. The van der Waals surface area contributed by atoms with E-state index in [1.165, 1.54) is 5.56 Å². The van der Waals surface area contributed by atoms with Crippen molar-refractivity contribution in [2.24, 2.45) is 0 Å². The van der Waals surface area contributed by atoms with Gasteiger partial charge in [-0.3, -0.25) is 0 Å². The van der Waals surface area contributed by atoms with Crippen LogP contribution in [0.2, 0.25) is 0 Å². The van der Waals surface area contributed by atoms with Crippen molar-refractivity contribution in [3.8, 4) is 50.8 Å². The number of hydrogen-bond acceptors (Lipinski definition) is 3. The monoisotopic (exact) mass is 731 g/mol. The van der Waals surface area contributed by atoms with Gasteiger partial charge in [-0.25, -0.2) is 4.85 Å². The zero-order valence-electron chi connectivity index (χ0n) is 23.7. The van der Waals surface area contributed by atoms with Crippen molar-refractivity contribution < 1.29 is 20.1 Å². The number of rotatable bonds is 4. The Balaban J connectivity index is 0.000000192. The van der Waals surface area contributed by atoms with Gasteiger partial charge in [-0.2, -0.15) is 5.26 Å². The maximum atomic E-state index is 8.85. The number of pyridine rings is 2. The van der Waals surface area contributed by atoms with Gasteiger partial charge in [-0.1, -0.05) is 60.2 Å². The van der Waals surface area contributed by atoms with Gasteiger partial charge in [0.1, 0.15) is 0 Å². The van der Waals surface area contributed by atoms with E-state index < -0.39 is 0 Å². The normalized spacial score (nSPS) is 9.86. The fourth-order valence-electron chi connectivity index (χ4n) is 4.43. The fraction of sp³-hybridized carbons (Fsp3) is 0.0526. The van der Waals surface area contributed by atoms with Gasteiger partial charge in [-0.05, 0) is 60.6 Å². The molecule has 0 amide bonds. The molecule has 209 valence electrons. The topological polar surface area (TPSA) is 53.9 Å². The van der Waals surface area contributed by atoms with E-state index in [4.69, 9.17) is 11.8 Å². The van der Waals surface area contributed by atoms with Gasteiger partial charge >= 0.3 is 0 Å². The standard InChI is InChI=1S/2C19H13N2.Ir/c1-14-5-3-8-19(21-14)17-7-4-6-16(13-17)15-9-11-18(20-2)12-10-15;1-14-9-10-21-19(11-14)18-4-2-3-17(12-18)16-7-5-15(13-20)6-8-16;/h3-6,8-13H,1H3;2-3,5-12H,1H3;/q2*-1;. The number of hydrogen-bond donors (Lipinski definition) is 0. The molecule has 1 radical (unpaired) electrons. The molecule has 0 saturated carbocycles. The van der Waals surface area contributed by atoms with Crippen LogP contribution in [0.3, 0.4) is 0 Å². The molecule has 0 saturated heterocycles. The quantitative estimate of drug-likeness (QED) is 0.170. The molecule has 2 heterocycles. The summed E-state index contributed by atoms with van der Waals surface area (Å²) in [4.78, 5) is 12.3. The Labute approximate surface area is 266 Å². The van der Waals surface area contributed by atoms with Crippen LogP contribution in [-0.4, -0.2) is 9.97 Å². The molecule has 5 heteroatoms. The third kappa shape index (κ3) is 7.97. The molecule has 0 aliphatic heterocycles. The van der Waals surface area contributed by atoms with Crippen LogP contribution in [0.4, 0.5) is 5.69 Å². The van der Waals surface area contributed by atoms with Crippen molar-refractivity contribution in [2.45, 2.75) is 13.8 Å². The first kappa shape index (κ1) is 30.8. The van der Waals surface area contributed by atoms with Crippen LogP contribution in [0, 0.1) is 43.9 Å². The zero-order chi connectivity index (χ0) is 29.3. The first-order valence-electron chi connectivity index (χ1n) is 13.4. The molecular formula is C38H26IrN4-2. The number of aryl methyl sites for hydroxylation is 2. The average Bonchev–Trinajstić information content (AvgIpc) is 3.05. The second-order valence-corrected chi connectivity index (χ2v) is 9.71. The van der Waals surface area contributed by atoms with Crippen LogP contribution < -0.4 is 0 Å². The van der Waals surface area contributed by atoms with Crippen molar-refractivity contribution >= 4 is 5.69 Å². The fourth-order valence-corrected chi connectivity index (χ4v) is 4.43. The van der Waals surface area contributed by atoms with E-state index >= 15 is 0 Å². The average molecular weight is 731 g/mol. The predicted octanol–water partition coefficient (Wildman–Crippen LogP) is 9.47. The van der Waals surface area contributed by atoms with E-state index in [0.717, 1.165) is 50.5 Å². The molecule has 0 atom stereocenters. The molecule has 43 heavy (non-hydrogen) atoms. The number of nitriles is 1. The number of nitrogens with zero attached hydrogens (tertiary/aromatic N) is 4. The van der Waals surface area contributed by atoms with Gasteiger partial charge in [0.2, 0.25) is 0 Å². The van der Waals surface area contributed by atoms with Gasteiger partial charge in [0, 0.05) is 32.0 Å². The summed E-state index contributed by atoms with van der Waals surface area (Å²) in [7, 11) is 0. The van der Waals surface area contributed by atoms with E-state index in [0.29, 0.717) is 11.3 Å². The predicted molar refractivity (Wildman–Crippen MR) is 168 cm³/mol. The van der Waals surface area contributed by atoms with Crippen molar-refractivity contribution in [1.29, 1.82) is 5.26 Å². The molecule has 4 aromatic carbocycles. The van der Waals surface area contributed by atoms with Crippen molar-refractivity contribution in [2.75, 3.05) is 0 Å². The minimum Gasteiger partial charge on any atom is -0.305 e. The van der Waals surface area contributed by atoms with E-state index in [-0.39, 0.29) is 20.1 Å². The summed E-state index contributed by atoms with van der Waals surface area (Å²) in [5.74, 6) is 0. The second kappa shape index (κ2) is 14.6. The molecule has 0 N–H and O–H groups in total. The molecule has 0 fully saturated rings. The SMILES string of the molecule is Cc1ccnc(-c2[c-]ccc(-c3ccc(C#N)cc3)c2)c1.[C-]#[N+]c1ccc(-c2cc[c-]c(-c3cccc(C)n3)c2)cc1.[Ir]. The Bertz CT molecular complexity index is 1770.